The Morgan fingerprint density at radius 3 is 2.67 bits per heavy atom. The van der Waals surface area contributed by atoms with Gasteiger partial charge in [-0.2, -0.15) is 0 Å². The lowest BCUT2D eigenvalue weighted by Crippen LogP contribution is -2.12. The smallest absolute Gasteiger partial charge is 0.269 e. The van der Waals surface area contributed by atoms with Gasteiger partial charge < -0.3 is 10.1 Å². The van der Waals surface area contributed by atoms with Gasteiger partial charge in [-0.05, 0) is 11.4 Å². The molecule has 0 aliphatic heterocycles. The molecule has 0 unspecified atom stereocenters. The van der Waals surface area contributed by atoms with E-state index >= 15 is 0 Å². The van der Waals surface area contributed by atoms with Crippen LogP contribution in [0, 0.1) is 0 Å². The predicted octanol–water partition coefficient (Wildman–Crippen LogP) is 3.11. The summed E-state index contributed by atoms with van der Waals surface area (Å²) in [6.07, 6.45) is 1.21. The van der Waals surface area contributed by atoms with E-state index in [0.29, 0.717) is 10.6 Å². The summed E-state index contributed by atoms with van der Waals surface area (Å²) in [5.41, 5.74) is 0.182. The standard InChI is InChI=1S/C10H7Cl2N3O2S/c1-17-5-2-3-18-7(5)10(16)15-6-8(11)13-4-14-9(6)12/h2-4H,1H3,(H,15,16). The highest BCUT2D eigenvalue weighted by Crippen LogP contribution is 2.29. The van der Waals surface area contributed by atoms with Gasteiger partial charge in [-0.15, -0.1) is 11.3 Å². The van der Waals surface area contributed by atoms with Crippen molar-refractivity contribution in [2.24, 2.45) is 0 Å². The Balaban J connectivity index is 2.27. The van der Waals surface area contributed by atoms with Gasteiger partial charge in [0, 0.05) is 0 Å². The lowest BCUT2D eigenvalue weighted by molar-refractivity contribution is 0.102. The highest BCUT2D eigenvalue weighted by atomic mass is 35.5. The van der Waals surface area contributed by atoms with Crippen molar-refractivity contribution in [3.8, 4) is 5.75 Å². The fourth-order valence-corrected chi connectivity index (χ4v) is 2.40. The van der Waals surface area contributed by atoms with Gasteiger partial charge in [0.25, 0.3) is 5.91 Å². The van der Waals surface area contributed by atoms with Crippen LogP contribution in [-0.4, -0.2) is 23.0 Å². The third-order valence-electron chi connectivity index (χ3n) is 2.05. The van der Waals surface area contributed by atoms with Crippen molar-refractivity contribution in [1.82, 2.24) is 9.97 Å². The Morgan fingerprint density at radius 2 is 2.06 bits per heavy atom. The van der Waals surface area contributed by atoms with Gasteiger partial charge in [-0.3, -0.25) is 4.79 Å². The molecule has 2 aromatic heterocycles. The van der Waals surface area contributed by atoms with Crippen molar-refractivity contribution in [3.63, 3.8) is 0 Å². The number of anilines is 1. The van der Waals surface area contributed by atoms with Crippen molar-refractivity contribution in [2.75, 3.05) is 12.4 Å². The van der Waals surface area contributed by atoms with Crippen molar-refractivity contribution in [2.45, 2.75) is 0 Å². The number of hydrogen-bond donors (Lipinski definition) is 1. The Labute approximate surface area is 117 Å². The van der Waals surface area contributed by atoms with Crippen LogP contribution in [0.4, 0.5) is 5.69 Å². The average molecular weight is 304 g/mol. The second-order valence-electron chi connectivity index (χ2n) is 3.10. The maximum absolute atomic E-state index is 12.0. The van der Waals surface area contributed by atoms with Gasteiger partial charge in [0.2, 0.25) is 0 Å². The van der Waals surface area contributed by atoms with Gasteiger partial charge in [0.05, 0.1) is 7.11 Å². The normalized spacial score (nSPS) is 10.2. The molecule has 2 rings (SSSR count). The molecule has 0 bridgehead atoms. The van der Waals surface area contributed by atoms with Crippen LogP contribution in [0.5, 0.6) is 5.75 Å². The molecule has 8 heteroatoms. The Bertz CT molecular complexity index is 568. The Morgan fingerprint density at radius 1 is 1.39 bits per heavy atom. The SMILES string of the molecule is COc1ccsc1C(=O)Nc1c(Cl)ncnc1Cl. The molecule has 0 spiro atoms. The van der Waals surface area contributed by atoms with Crippen LogP contribution in [0.3, 0.4) is 0 Å². The molecule has 94 valence electrons. The first kappa shape index (κ1) is 13.1. The van der Waals surface area contributed by atoms with Gasteiger partial charge in [-0.1, -0.05) is 23.2 Å². The van der Waals surface area contributed by atoms with E-state index in [-0.39, 0.29) is 21.9 Å². The van der Waals surface area contributed by atoms with Crippen molar-refractivity contribution in [3.05, 3.63) is 33.0 Å². The molecule has 0 fully saturated rings. The number of amides is 1. The van der Waals surface area contributed by atoms with Gasteiger partial charge in [0.1, 0.15) is 22.6 Å². The fourth-order valence-electron chi connectivity index (χ4n) is 1.24. The van der Waals surface area contributed by atoms with Crippen LogP contribution in [0.25, 0.3) is 0 Å². The first-order valence-electron chi connectivity index (χ1n) is 4.72. The molecule has 5 nitrogen and oxygen atoms in total. The first-order chi connectivity index (χ1) is 8.63. The minimum Gasteiger partial charge on any atom is -0.495 e. The third kappa shape index (κ3) is 2.55. The summed E-state index contributed by atoms with van der Waals surface area (Å²) < 4.78 is 5.06. The number of methoxy groups -OCH3 is 1. The summed E-state index contributed by atoms with van der Waals surface area (Å²) in [7, 11) is 1.49. The number of aromatic nitrogens is 2. The fraction of sp³-hybridized carbons (Fsp3) is 0.100. The monoisotopic (exact) mass is 303 g/mol. The summed E-state index contributed by atoms with van der Waals surface area (Å²) in [4.78, 5) is 19.9. The van der Waals surface area contributed by atoms with Crippen LogP contribution in [0.2, 0.25) is 10.3 Å². The molecule has 0 saturated carbocycles. The molecule has 0 saturated heterocycles. The maximum atomic E-state index is 12.0. The number of ether oxygens (including phenoxy) is 1. The molecule has 0 aromatic carbocycles. The largest absolute Gasteiger partial charge is 0.495 e. The van der Waals surface area contributed by atoms with Crippen molar-refractivity contribution < 1.29 is 9.53 Å². The van der Waals surface area contributed by atoms with E-state index < -0.39 is 0 Å². The Hall–Kier alpha value is -1.37. The molecule has 2 aromatic rings. The molecular weight excluding hydrogens is 297 g/mol. The molecule has 0 radical (unpaired) electrons. The zero-order valence-corrected chi connectivity index (χ0v) is 11.4. The first-order valence-corrected chi connectivity index (χ1v) is 6.36. The molecule has 18 heavy (non-hydrogen) atoms. The highest BCUT2D eigenvalue weighted by molar-refractivity contribution is 7.12. The minimum absolute atomic E-state index is 0.0823. The van der Waals surface area contributed by atoms with E-state index in [1.54, 1.807) is 11.4 Å². The summed E-state index contributed by atoms with van der Waals surface area (Å²) in [5, 5.41) is 4.47. The van der Waals surface area contributed by atoms with Gasteiger partial charge >= 0.3 is 0 Å². The lowest BCUT2D eigenvalue weighted by Gasteiger charge is -2.07. The van der Waals surface area contributed by atoms with Crippen LogP contribution < -0.4 is 10.1 Å². The number of thiophene rings is 1. The summed E-state index contributed by atoms with van der Waals surface area (Å²) >= 11 is 12.9. The van der Waals surface area contributed by atoms with Crippen LogP contribution in [0.1, 0.15) is 9.67 Å². The van der Waals surface area contributed by atoms with E-state index in [2.05, 4.69) is 15.3 Å². The number of nitrogens with zero attached hydrogens (tertiary/aromatic N) is 2. The summed E-state index contributed by atoms with van der Waals surface area (Å²) in [6, 6.07) is 1.70. The zero-order chi connectivity index (χ0) is 13.1. The third-order valence-corrected chi connectivity index (χ3v) is 3.52. The number of nitrogens with one attached hydrogen (secondary N) is 1. The number of carbonyl (C=O) groups is 1. The highest BCUT2D eigenvalue weighted by Gasteiger charge is 2.17. The zero-order valence-electron chi connectivity index (χ0n) is 9.11. The van der Waals surface area contributed by atoms with Crippen LogP contribution in [0.15, 0.2) is 17.8 Å². The second-order valence-corrected chi connectivity index (χ2v) is 4.73. The van der Waals surface area contributed by atoms with E-state index in [4.69, 9.17) is 27.9 Å². The summed E-state index contributed by atoms with van der Waals surface area (Å²) in [5.74, 6) is 0.113. The van der Waals surface area contributed by atoms with Crippen molar-refractivity contribution in [1.29, 1.82) is 0 Å². The van der Waals surface area contributed by atoms with Crippen LogP contribution >= 0.6 is 34.5 Å². The molecule has 0 aliphatic carbocycles. The molecule has 1 N–H and O–H groups in total. The lowest BCUT2D eigenvalue weighted by atomic mass is 10.4. The van der Waals surface area contributed by atoms with E-state index in [0.717, 1.165) is 0 Å². The van der Waals surface area contributed by atoms with E-state index in [1.807, 2.05) is 0 Å². The summed E-state index contributed by atoms with van der Waals surface area (Å²) in [6.45, 7) is 0. The van der Waals surface area contributed by atoms with Crippen LogP contribution in [-0.2, 0) is 0 Å². The van der Waals surface area contributed by atoms with E-state index in [1.165, 1.54) is 24.8 Å². The van der Waals surface area contributed by atoms with Gasteiger partial charge in [0.15, 0.2) is 10.3 Å². The topological polar surface area (TPSA) is 64.1 Å². The van der Waals surface area contributed by atoms with E-state index in [9.17, 15) is 4.79 Å². The predicted molar refractivity (Wildman–Crippen MR) is 70.9 cm³/mol. The number of carbonyl (C=O) groups excluding carboxylic acids is 1. The molecule has 0 aliphatic rings. The van der Waals surface area contributed by atoms with Crippen molar-refractivity contribution >= 4 is 46.1 Å². The molecule has 2 heterocycles. The number of halogens is 2. The number of hydrogen-bond acceptors (Lipinski definition) is 5. The quantitative estimate of drug-likeness (QED) is 0.885. The Kier molecular flexibility index (Phi) is 4.00. The maximum Gasteiger partial charge on any atom is 0.269 e. The van der Waals surface area contributed by atoms with Gasteiger partial charge in [-0.25, -0.2) is 9.97 Å². The molecular formula is C10H7Cl2N3O2S. The number of rotatable bonds is 3. The molecule has 1 amide bonds. The molecule has 0 atom stereocenters. The average Bonchev–Trinajstić information content (AvgIpc) is 2.82. The second kappa shape index (κ2) is 5.51. The minimum atomic E-state index is -0.375.